The lowest BCUT2D eigenvalue weighted by Crippen LogP contribution is -2.24. The summed E-state index contributed by atoms with van der Waals surface area (Å²) in [5, 5.41) is 18.9. The van der Waals surface area contributed by atoms with Gasteiger partial charge in [-0.15, -0.1) is 0 Å². The molecule has 0 saturated heterocycles. The Labute approximate surface area is 75.7 Å². The van der Waals surface area contributed by atoms with Crippen LogP contribution in [-0.4, -0.2) is 17.0 Å². The molecule has 0 bridgehead atoms. The Morgan fingerprint density at radius 3 is 2.00 bits per heavy atom. The van der Waals surface area contributed by atoms with Crippen LogP contribution in [0.2, 0.25) is 0 Å². The van der Waals surface area contributed by atoms with Crippen molar-refractivity contribution >= 4 is 11.9 Å². The van der Waals surface area contributed by atoms with E-state index in [0.29, 0.717) is 0 Å². The Morgan fingerprint density at radius 1 is 1.23 bits per heavy atom. The maximum Gasteiger partial charge on any atom is 1.00 e. The molecular formula is C8H9NO4. The van der Waals surface area contributed by atoms with E-state index in [0.717, 1.165) is 0 Å². The minimum absolute atomic E-state index is 0. The van der Waals surface area contributed by atoms with Crippen LogP contribution in [0.15, 0.2) is 24.3 Å². The fourth-order valence-electron chi connectivity index (χ4n) is 0.848. The lowest BCUT2D eigenvalue weighted by atomic mass is 10.1. The van der Waals surface area contributed by atoms with Gasteiger partial charge in [0, 0.05) is 5.56 Å². The Hall–Kier alpha value is -1.88. The van der Waals surface area contributed by atoms with Crippen LogP contribution >= 0.6 is 0 Å². The van der Waals surface area contributed by atoms with E-state index in [1.165, 1.54) is 24.3 Å². The van der Waals surface area contributed by atoms with Gasteiger partial charge in [0.1, 0.15) is 0 Å². The van der Waals surface area contributed by atoms with Gasteiger partial charge in [-0.25, -0.2) is 4.79 Å². The normalized spacial score (nSPS) is 8.62. The number of carboxylic acid groups (broad SMARTS) is 2. The molecule has 13 heavy (non-hydrogen) atoms. The predicted molar refractivity (Wildman–Crippen MR) is 43.9 cm³/mol. The van der Waals surface area contributed by atoms with E-state index in [9.17, 15) is 14.7 Å². The van der Waals surface area contributed by atoms with Gasteiger partial charge < -0.3 is 21.2 Å². The van der Waals surface area contributed by atoms with Crippen LogP contribution in [0, 0.1) is 0 Å². The molecule has 0 aliphatic heterocycles. The van der Waals surface area contributed by atoms with Crippen molar-refractivity contribution < 1.29 is 21.2 Å². The monoisotopic (exact) mass is 183 g/mol. The van der Waals surface area contributed by atoms with Crippen molar-refractivity contribution in [2.24, 2.45) is 0 Å². The molecule has 0 spiro atoms. The van der Waals surface area contributed by atoms with E-state index in [1.54, 1.807) is 0 Å². The number of aromatic carboxylic acids is 2. The van der Waals surface area contributed by atoms with E-state index in [4.69, 9.17) is 5.11 Å². The third-order valence-corrected chi connectivity index (χ3v) is 1.38. The molecule has 0 amide bonds. The van der Waals surface area contributed by atoms with Crippen molar-refractivity contribution in [1.29, 1.82) is 0 Å². The molecule has 5 nitrogen and oxygen atoms in total. The van der Waals surface area contributed by atoms with Crippen LogP contribution in [0.3, 0.4) is 0 Å². The smallest absolute Gasteiger partial charge is 0.545 e. The number of carbonyl (C=O) groups is 2. The molecule has 0 atom stereocenters. The second-order valence-corrected chi connectivity index (χ2v) is 2.14. The number of hydrogen-bond acceptors (Lipinski definition) is 4. The summed E-state index contributed by atoms with van der Waals surface area (Å²) in [4.78, 5) is 20.8. The third-order valence-electron chi connectivity index (χ3n) is 1.38. The molecule has 70 valence electrons. The van der Waals surface area contributed by atoms with Crippen molar-refractivity contribution in [2.45, 2.75) is 0 Å². The molecule has 4 N–H and O–H groups in total. The molecular weight excluding hydrogens is 174 g/mol. The maximum absolute atomic E-state index is 10.4. The van der Waals surface area contributed by atoms with Gasteiger partial charge in [-0.2, -0.15) is 0 Å². The molecule has 0 aliphatic carbocycles. The van der Waals surface area contributed by atoms with E-state index >= 15 is 0 Å². The van der Waals surface area contributed by atoms with Crippen LogP contribution in [-0.2, 0) is 0 Å². The van der Waals surface area contributed by atoms with E-state index in [-0.39, 0.29) is 18.7 Å². The molecule has 0 aliphatic rings. The summed E-state index contributed by atoms with van der Waals surface area (Å²) in [7, 11) is 0. The summed E-state index contributed by atoms with van der Waals surface area (Å²) in [5.41, 5.74) is -0.553. The average Bonchev–Trinajstić information content (AvgIpc) is 2.04. The molecule has 0 radical (unpaired) electrons. The standard InChI is InChI=1S/C8H6O4.H3N/c9-7(10)5-3-1-2-4-6(5)8(11)12;/h1-4H,(H,9,10)(H,11,12);1H3. The first kappa shape index (κ1) is 11.1. The largest absolute Gasteiger partial charge is 1.00 e. The Balaban J connectivity index is 0. The summed E-state index contributed by atoms with van der Waals surface area (Å²) in [6, 6.07) is 5.31. The Kier molecular flexibility index (Phi) is 3.61. The van der Waals surface area contributed by atoms with Gasteiger partial charge in [-0.3, -0.25) is 0 Å². The highest BCUT2D eigenvalue weighted by Crippen LogP contribution is 2.06. The van der Waals surface area contributed by atoms with Gasteiger partial charge in [0.15, 0.2) is 0 Å². The molecule has 5 heteroatoms. The topological polar surface area (TPSA) is 112 Å². The van der Waals surface area contributed by atoms with Crippen LogP contribution in [0.1, 0.15) is 22.1 Å². The molecule has 0 saturated carbocycles. The zero-order valence-corrected chi connectivity index (χ0v) is 6.69. The second-order valence-electron chi connectivity index (χ2n) is 2.14. The first-order valence-corrected chi connectivity index (χ1v) is 3.16. The number of hydrogen-bond donors (Lipinski definition) is 2. The molecule has 1 rings (SSSR count). The van der Waals surface area contributed by atoms with Gasteiger partial charge in [0.25, 0.3) is 0 Å². The zero-order valence-electron chi connectivity index (χ0n) is 7.69. The van der Waals surface area contributed by atoms with Crippen molar-refractivity contribution in [1.82, 2.24) is 6.15 Å². The second kappa shape index (κ2) is 4.22. The van der Waals surface area contributed by atoms with Gasteiger partial charge in [-0.1, -0.05) is 18.2 Å². The highest BCUT2D eigenvalue weighted by atomic mass is 16.4. The summed E-state index contributed by atoms with van der Waals surface area (Å²) < 4.78 is 0. The average molecular weight is 183 g/mol. The number of carboxylic acids is 2. The summed E-state index contributed by atoms with van der Waals surface area (Å²) in [6.07, 6.45) is 0. The van der Waals surface area contributed by atoms with E-state index < -0.39 is 11.9 Å². The summed E-state index contributed by atoms with van der Waals surface area (Å²) >= 11 is 0. The Morgan fingerprint density at radius 2 is 1.69 bits per heavy atom. The molecule has 0 unspecified atom stereocenters. The van der Waals surface area contributed by atoms with Crippen molar-refractivity contribution in [3.8, 4) is 0 Å². The maximum atomic E-state index is 10.4. The molecule has 0 aromatic heterocycles. The fourth-order valence-corrected chi connectivity index (χ4v) is 0.848. The van der Waals surface area contributed by atoms with Crippen molar-refractivity contribution in [2.75, 3.05) is 0 Å². The van der Waals surface area contributed by atoms with Crippen LogP contribution in [0.25, 0.3) is 0 Å². The molecule has 1 aromatic rings. The molecule has 0 heterocycles. The third kappa shape index (κ3) is 2.28. The minimum atomic E-state index is -1.48. The van der Waals surface area contributed by atoms with Crippen LogP contribution in [0.4, 0.5) is 0 Å². The quantitative estimate of drug-likeness (QED) is 0.671. The highest BCUT2D eigenvalue weighted by Gasteiger charge is 2.08. The number of carbonyl (C=O) groups excluding carboxylic acids is 1. The van der Waals surface area contributed by atoms with Crippen molar-refractivity contribution in [3.05, 3.63) is 35.4 Å². The van der Waals surface area contributed by atoms with Gasteiger partial charge in [0.05, 0.1) is 11.5 Å². The molecule has 0 fully saturated rings. The highest BCUT2D eigenvalue weighted by molar-refractivity contribution is 6.00. The predicted octanol–water partition coefficient (Wildman–Crippen LogP) is 0.0228. The van der Waals surface area contributed by atoms with E-state index in [2.05, 4.69) is 0 Å². The lowest BCUT2D eigenvalue weighted by molar-refractivity contribution is -0.255. The van der Waals surface area contributed by atoms with Gasteiger partial charge in [-0.05, 0) is 6.07 Å². The first-order valence-electron chi connectivity index (χ1n) is 3.16. The zero-order chi connectivity index (χ0) is 9.14. The summed E-state index contributed by atoms with van der Waals surface area (Å²) in [5.74, 6) is -2.75. The lowest BCUT2D eigenvalue weighted by Gasteiger charge is -2.04. The van der Waals surface area contributed by atoms with Gasteiger partial charge in [0.2, 0.25) is 0 Å². The van der Waals surface area contributed by atoms with E-state index in [1.807, 2.05) is 0 Å². The minimum Gasteiger partial charge on any atom is -0.545 e. The van der Waals surface area contributed by atoms with Gasteiger partial charge >= 0.3 is 7.40 Å². The SMILES string of the molecule is N.O=C([O-])c1ccccc1C(=O)O.[H+]. The number of rotatable bonds is 2. The van der Waals surface area contributed by atoms with Crippen LogP contribution < -0.4 is 11.3 Å². The fraction of sp³-hybridized carbons (Fsp3) is 0. The molecule has 1 aromatic carbocycles. The first-order chi connectivity index (χ1) is 5.63. The number of benzene rings is 1. The Bertz CT molecular complexity index is 307. The van der Waals surface area contributed by atoms with Crippen molar-refractivity contribution in [3.63, 3.8) is 0 Å². The summed E-state index contributed by atoms with van der Waals surface area (Å²) in [6.45, 7) is 0. The van der Waals surface area contributed by atoms with Crippen LogP contribution in [0.5, 0.6) is 0 Å².